The molecule has 0 bridgehead atoms. The molecule has 6 nitrogen and oxygen atoms in total. The van der Waals surface area contributed by atoms with Gasteiger partial charge in [0.25, 0.3) is 5.91 Å². The van der Waals surface area contributed by atoms with Gasteiger partial charge < -0.3 is 14.8 Å². The number of amides is 1. The summed E-state index contributed by atoms with van der Waals surface area (Å²) in [5, 5.41) is 7.29. The van der Waals surface area contributed by atoms with Crippen LogP contribution in [0.2, 0.25) is 0 Å². The van der Waals surface area contributed by atoms with Crippen LogP contribution in [0.5, 0.6) is 11.5 Å². The number of carbonyl (C=O) groups is 1. The van der Waals surface area contributed by atoms with Gasteiger partial charge in [-0.25, -0.2) is 0 Å². The summed E-state index contributed by atoms with van der Waals surface area (Å²) in [6.45, 7) is 7.12. The number of methoxy groups -OCH3 is 1. The lowest BCUT2D eigenvalue weighted by molar-refractivity contribution is -0.127. The second-order valence-electron chi connectivity index (χ2n) is 5.73. The largest absolute Gasteiger partial charge is 0.497 e. The first kappa shape index (κ1) is 17.8. The van der Waals surface area contributed by atoms with Crippen molar-refractivity contribution in [3.05, 3.63) is 41.7 Å². The van der Waals surface area contributed by atoms with E-state index in [4.69, 9.17) is 9.47 Å². The molecule has 0 saturated heterocycles. The van der Waals surface area contributed by atoms with Crippen molar-refractivity contribution in [1.82, 2.24) is 15.1 Å². The Labute approximate surface area is 142 Å². The first-order valence-corrected chi connectivity index (χ1v) is 8.09. The van der Waals surface area contributed by atoms with Crippen molar-refractivity contribution in [3.8, 4) is 11.5 Å². The lowest BCUT2D eigenvalue weighted by Gasteiger charge is -2.15. The van der Waals surface area contributed by atoms with E-state index in [9.17, 15) is 4.79 Å². The summed E-state index contributed by atoms with van der Waals surface area (Å²) >= 11 is 0. The average molecular weight is 331 g/mol. The summed E-state index contributed by atoms with van der Waals surface area (Å²) < 4.78 is 12.7. The fraction of sp³-hybridized carbons (Fsp3) is 0.444. The van der Waals surface area contributed by atoms with Crippen LogP contribution >= 0.6 is 0 Å². The first-order valence-electron chi connectivity index (χ1n) is 8.09. The van der Waals surface area contributed by atoms with E-state index in [0.717, 1.165) is 30.1 Å². The van der Waals surface area contributed by atoms with Crippen LogP contribution in [-0.2, 0) is 11.3 Å². The quantitative estimate of drug-likeness (QED) is 0.755. The van der Waals surface area contributed by atoms with Gasteiger partial charge in [0.1, 0.15) is 11.5 Å². The van der Waals surface area contributed by atoms with E-state index in [1.54, 1.807) is 38.3 Å². The number of nitrogens with one attached hydrogen (secondary N) is 1. The van der Waals surface area contributed by atoms with Crippen molar-refractivity contribution >= 4 is 5.91 Å². The molecular formula is C18H25N3O3. The molecule has 1 aromatic carbocycles. The van der Waals surface area contributed by atoms with Gasteiger partial charge in [-0.05, 0) is 57.5 Å². The van der Waals surface area contributed by atoms with Gasteiger partial charge in [-0.1, -0.05) is 0 Å². The number of nitrogens with zero attached hydrogens (tertiary/aromatic N) is 2. The maximum atomic E-state index is 12.1. The highest BCUT2D eigenvalue weighted by Crippen LogP contribution is 2.18. The molecule has 0 spiro atoms. The van der Waals surface area contributed by atoms with Gasteiger partial charge in [-0.2, -0.15) is 5.10 Å². The van der Waals surface area contributed by atoms with Crippen LogP contribution in [0.4, 0.5) is 0 Å². The number of ether oxygens (including phenoxy) is 2. The zero-order valence-electron chi connectivity index (χ0n) is 14.7. The van der Waals surface area contributed by atoms with Crippen LogP contribution in [0, 0.1) is 13.8 Å². The van der Waals surface area contributed by atoms with E-state index in [0.29, 0.717) is 12.3 Å². The fourth-order valence-electron chi connectivity index (χ4n) is 2.40. The molecule has 6 heteroatoms. The average Bonchev–Trinajstić information content (AvgIpc) is 2.89. The highest BCUT2D eigenvalue weighted by Gasteiger charge is 2.14. The highest BCUT2D eigenvalue weighted by atomic mass is 16.5. The zero-order valence-corrected chi connectivity index (χ0v) is 14.7. The third-order valence-corrected chi connectivity index (χ3v) is 3.69. The summed E-state index contributed by atoms with van der Waals surface area (Å²) in [5.74, 6) is 1.27. The maximum Gasteiger partial charge on any atom is 0.260 e. The number of aryl methyl sites for hydroxylation is 3. The van der Waals surface area contributed by atoms with E-state index in [1.165, 1.54) is 0 Å². The van der Waals surface area contributed by atoms with Crippen molar-refractivity contribution in [1.29, 1.82) is 0 Å². The van der Waals surface area contributed by atoms with Gasteiger partial charge in [0, 0.05) is 18.8 Å². The van der Waals surface area contributed by atoms with Gasteiger partial charge in [-0.15, -0.1) is 0 Å². The molecule has 1 aromatic heterocycles. The molecule has 1 heterocycles. The molecule has 2 aromatic rings. The first-order chi connectivity index (χ1) is 11.5. The van der Waals surface area contributed by atoms with Gasteiger partial charge in [0.15, 0.2) is 6.10 Å². The molecule has 1 N–H and O–H groups in total. The van der Waals surface area contributed by atoms with E-state index in [2.05, 4.69) is 10.4 Å². The molecule has 1 amide bonds. The fourth-order valence-corrected chi connectivity index (χ4v) is 2.40. The SMILES string of the molecule is COc1ccc(O[C@H](C)C(=O)NCCCn2nc(C)cc2C)cc1. The van der Waals surface area contributed by atoms with Crippen LogP contribution in [0.1, 0.15) is 24.7 Å². The van der Waals surface area contributed by atoms with E-state index < -0.39 is 6.10 Å². The summed E-state index contributed by atoms with van der Waals surface area (Å²) in [4.78, 5) is 12.1. The predicted octanol–water partition coefficient (Wildman–Crippen LogP) is 2.48. The van der Waals surface area contributed by atoms with Gasteiger partial charge in [-0.3, -0.25) is 9.48 Å². The number of carbonyl (C=O) groups excluding carboxylic acids is 1. The molecule has 0 unspecified atom stereocenters. The molecule has 130 valence electrons. The van der Waals surface area contributed by atoms with Crippen LogP contribution in [-0.4, -0.2) is 35.4 Å². The lowest BCUT2D eigenvalue weighted by atomic mass is 10.3. The Bertz CT molecular complexity index is 665. The van der Waals surface area contributed by atoms with Crippen LogP contribution in [0.3, 0.4) is 0 Å². The second-order valence-corrected chi connectivity index (χ2v) is 5.73. The maximum absolute atomic E-state index is 12.1. The van der Waals surface area contributed by atoms with Gasteiger partial charge in [0.05, 0.1) is 12.8 Å². The molecule has 0 radical (unpaired) electrons. The number of benzene rings is 1. The minimum atomic E-state index is -0.549. The Morgan fingerprint density at radius 2 is 1.92 bits per heavy atom. The third kappa shape index (κ3) is 5.01. The molecule has 0 fully saturated rings. The van der Waals surface area contributed by atoms with E-state index in [-0.39, 0.29) is 5.91 Å². The third-order valence-electron chi connectivity index (χ3n) is 3.69. The summed E-state index contributed by atoms with van der Waals surface area (Å²) in [5.41, 5.74) is 2.15. The summed E-state index contributed by atoms with van der Waals surface area (Å²) in [7, 11) is 1.61. The normalized spacial score (nSPS) is 11.8. The Balaban J connectivity index is 1.72. The Kier molecular flexibility index (Phi) is 6.23. The Morgan fingerprint density at radius 3 is 2.50 bits per heavy atom. The van der Waals surface area contributed by atoms with Crippen LogP contribution < -0.4 is 14.8 Å². The topological polar surface area (TPSA) is 65.4 Å². The van der Waals surface area contributed by atoms with Gasteiger partial charge >= 0.3 is 0 Å². The molecule has 0 aliphatic heterocycles. The molecule has 2 rings (SSSR count). The monoisotopic (exact) mass is 331 g/mol. The molecule has 0 aliphatic carbocycles. The molecule has 24 heavy (non-hydrogen) atoms. The lowest BCUT2D eigenvalue weighted by Crippen LogP contribution is -2.37. The van der Waals surface area contributed by atoms with Crippen molar-refractivity contribution < 1.29 is 14.3 Å². The Morgan fingerprint density at radius 1 is 1.25 bits per heavy atom. The Hall–Kier alpha value is -2.50. The number of rotatable bonds is 8. The summed E-state index contributed by atoms with van der Waals surface area (Å²) in [6, 6.07) is 9.21. The van der Waals surface area contributed by atoms with Crippen molar-refractivity contribution in [3.63, 3.8) is 0 Å². The van der Waals surface area contributed by atoms with Crippen LogP contribution in [0.15, 0.2) is 30.3 Å². The molecule has 0 aliphatic rings. The van der Waals surface area contributed by atoms with Gasteiger partial charge in [0.2, 0.25) is 0 Å². The molecule has 0 saturated carbocycles. The molecule has 1 atom stereocenters. The smallest absolute Gasteiger partial charge is 0.260 e. The minimum absolute atomic E-state index is 0.126. The second kappa shape index (κ2) is 8.38. The predicted molar refractivity (Wildman–Crippen MR) is 92.4 cm³/mol. The number of hydrogen-bond donors (Lipinski definition) is 1. The van der Waals surface area contributed by atoms with Crippen LogP contribution in [0.25, 0.3) is 0 Å². The van der Waals surface area contributed by atoms with E-state index in [1.807, 2.05) is 24.6 Å². The van der Waals surface area contributed by atoms with Crippen molar-refractivity contribution in [2.45, 2.75) is 39.8 Å². The number of aromatic nitrogens is 2. The highest BCUT2D eigenvalue weighted by molar-refractivity contribution is 5.80. The van der Waals surface area contributed by atoms with Crippen molar-refractivity contribution in [2.75, 3.05) is 13.7 Å². The number of hydrogen-bond acceptors (Lipinski definition) is 4. The van der Waals surface area contributed by atoms with Crippen molar-refractivity contribution in [2.24, 2.45) is 0 Å². The summed E-state index contributed by atoms with van der Waals surface area (Å²) in [6.07, 6.45) is 0.273. The zero-order chi connectivity index (χ0) is 17.5. The molecular weight excluding hydrogens is 306 g/mol. The minimum Gasteiger partial charge on any atom is -0.497 e. The standard InChI is InChI=1S/C18H25N3O3/c1-13-12-14(2)21(20-13)11-5-10-19-18(22)15(3)24-17-8-6-16(23-4)7-9-17/h6-9,12,15H,5,10-11H2,1-4H3,(H,19,22)/t15-/m1/s1. The van der Waals surface area contributed by atoms with E-state index >= 15 is 0 Å².